The van der Waals surface area contributed by atoms with Gasteiger partial charge in [-0.05, 0) is 47.1 Å². The highest BCUT2D eigenvalue weighted by Gasteiger charge is 2.17. The van der Waals surface area contributed by atoms with Gasteiger partial charge in [0.1, 0.15) is 0 Å². The van der Waals surface area contributed by atoms with Crippen molar-refractivity contribution in [2.24, 2.45) is 0 Å². The third-order valence-corrected chi connectivity index (χ3v) is 3.89. The van der Waals surface area contributed by atoms with Gasteiger partial charge in [0, 0.05) is 14.5 Å². The number of nitrogens with one attached hydrogen (secondary N) is 1. The van der Waals surface area contributed by atoms with Crippen LogP contribution in [0.5, 0.6) is 0 Å². The molecular weight excluding hydrogens is 402 g/mol. The summed E-state index contributed by atoms with van der Waals surface area (Å²) in [5.74, 6) is -1.47. The Hall–Kier alpha value is -1.66. The molecule has 4 nitrogen and oxygen atoms in total. The predicted octanol–water partition coefficient (Wildman–Crippen LogP) is 4.47. The third-order valence-electron chi connectivity index (χ3n) is 2.80. The molecular formula is C15H11Br2NO3. The Balaban J connectivity index is 2.39. The number of hydrogen-bond acceptors (Lipinski definition) is 2. The van der Waals surface area contributed by atoms with Gasteiger partial charge in [0.15, 0.2) is 0 Å². The Morgan fingerprint density at radius 1 is 1.14 bits per heavy atom. The van der Waals surface area contributed by atoms with Crippen molar-refractivity contribution in [3.05, 3.63) is 62.0 Å². The number of carbonyl (C=O) groups excluding carboxylic acids is 1. The first kappa shape index (κ1) is 15.7. The first-order valence-corrected chi connectivity index (χ1v) is 7.57. The van der Waals surface area contributed by atoms with E-state index in [1.54, 1.807) is 24.3 Å². The molecule has 0 radical (unpaired) electrons. The molecule has 2 rings (SSSR count). The van der Waals surface area contributed by atoms with Crippen LogP contribution in [0.4, 0.5) is 5.69 Å². The van der Waals surface area contributed by atoms with Crippen LogP contribution in [0.1, 0.15) is 26.3 Å². The maximum atomic E-state index is 12.2. The molecule has 0 unspecified atom stereocenters. The molecule has 2 aromatic carbocycles. The largest absolute Gasteiger partial charge is 0.478 e. The summed E-state index contributed by atoms with van der Waals surface area (Å²) in [7, 11) is 0. The van der Waals surface area contributed by atoms with E-state index in [0.717, 1.165) is 5.56 Å². The van der Waals surface area contributed by atoms with E-state index in [9.17, 15) is 14.7 Å². The molecule has 0 spiro atoms. The van der Waals surface area contributed by atoms with E-state index in [0.29, 0.717) is 14.5 Å². The van der Waals surface area contributed by atoms with E-state index >= 15 is 0 Å². The second-order valence-electron chi connectivity index (χ2n) is 4.44. The molecule has 0 aromatic heterocycles. The van der Waals surface area contributed by atoms with Crippen molar-refractivity contribution in [3.8, 4) is 0 Å². The number of anilines is 1. The summed E-state index contributed by atoms with van der Waals surface area (Å²) in [6.45, 7) is 1.88. The van der Waals surface area contributed by atoms with Crippen molar-refractivity contribution in [2.75, 3.05) is 5.32 Å². The number of aromatic carboxylic acids is 1. The van der Waals surface area contributed by atoms with E-state index in [1.807, 2.05) is 13.0 Å². The lowest BCUT2D eigenvalue weighted by atomic mass is 10.1. The number of carboxylic acids is 1. The molecule has 2 aromatic rings. The van der Waals surface area contributed by atoms with Crippen LogP contribution in [-0.4, -0.2) is 17.0 Å². The van der Waals surface area contributed by atoms with Gasteiger partial charge in [0.2, 0.25) is 0 Å². The molecule has 0 bridgehead atoms. The molecule has 0 aliphatic carbocycles. The summed E-state index contributed by atoms with van der Waals surface area (Å²) < 4.78 is 1.11. The minimum atomic E-state index is -1.11. The zero-order valence-corrected chi connectivity index (χ0v) is 14.2. The van der Waals surface area contributed by atoms with E-state index in [1.165, 1.54) is 6.07 Å². The van der Waals surface area contributed by atoms with Gasteiger partial charge in [-0.2, -0.15) is 0 Å². The highest BCUT2D eigenvalue weighted by atomic mass is 79.9. The van der Waals surface area contributed by atoms with Gasteiger partial charge in [0.25, 0.3) is 5.91 Å². The minimum Gasteiger partial charge on any atom is -0.478 e. The molecule has 1 amide bonds. The Kier molecular flexibility index (Phi) is 4.80. The predicted molar refractivity (Wildman–Crippen MR) is 87.9 cm³/mol. The minimum absolute atomic E-state index is 0.0113. The summed E-state index contributed by atoms with van der Waals surface area (Å²) >= 11 is 6.50. The van der Waals surface area contributed by atoms with E-state index in [4.69, 9.17) is 0 Å². The Morgan fingerprint density at radius 2 is 1.86 bits per heavy atom. The van der Waals surface area contributed by atoms with E-state index < -0.39 is 5.97 Å². The van der Waals surface area contributed by atoms with Crippen molar-refractivity contribution >= 4 is 49.4 Å². The molecule has 0 heterocycles. The monoisotopic (exact) mass is 411 g/mol. The number of amides is 1. The Bertz CT molecular complexity index is 729. The van der Waals surface area contributed by atoms with E-state index in [-0.39, 0.29) is 17.2 Å². The van der Waals surface area contributed by atoms with Gasteiger partial charge in [-0.25, -0.2) is 4.79 Å². The molecule has 0 saturated heterocycles. The van der Waals surface area contributed by atoms with Crippen molar-refractivity contribution < 1.29 is 14.7 Å². The fraction of sp³-hybridized carbons (Fsp3) is 0.0667. The molecule has 0 fully saturated rings. The van der Waals surface area contributed by atoms with Crippen LogP contribution in [-0.2, 0) is 0 Å². The summed E-state index contributed by atoms with van der Waals surface area (Å²) in [5, 5.41) is 11.9. The number of carboxylic acid groups (broad SMARTS) is 1. The van der Waals surface area contributed by atoms with Crippen LogP contribution >= 0.6 is 31.9 Å². The van der Waals surface area contributed by atoms with Crippen LogP contribution in [0.25, 0.3) is 0 Å². The number of rotatable bonds is 3. The molecule has 0 aliphatic heterocycles. The standard InChI is InChI=1S/C15H11Br2NO3/c1-8-3-2-4-9(5-8)14(19)18-13-11(15(20)21)6-10(16)7-12(13)17/h2-7H,1H3,(H,18,19)(H,20,21). The highest BCUT2D eigenvalue weighted by Crippen LogP contribution is 2.31. The summed E-state index contributed by atoms with van der Waals surface area (Å²) in [4.78, 5) is 23.5. The van der Waals surface area contributed by atoms with Crippen LogP contribution in [0.15, 0.2) is 45.3 Å². The molecule has 2 N–H and O–H groups in total. The van der Waals surface area contributed by atoms with Crippen molar-refractivity contribution in [3.63, 3.8) is 0 Å². The lowest BCUT2D eigenvalue weighted by molar-refractivity contribution is 0.0698. The van der Waals surface area contributed by atoms with E-state index in [2.05, 4.69) is 37.2 Å². The molecule has 0 atom stereocenters. The number of carbonyl (C=O) groups is 2. The average molecular weight is 413 g/mol. The lowest BCUT2D eigenvalue weighted by Crippen LogP contribution is -2.15. The molecule has 108 valence electrons. The number of benzene rings is 2. The quantitative estimate of drug-likeness (QED) is 0.781. The van der Waals surface area contributed by atoms with Crippen LogP contribution in [0, 0.1) is 6.92 Å². The van der Waals surface area contributed by atoms with Crippen molar-refractivity contribution in [1.82, 2.24) is 0 Å². The normalized spacial score (nSPS) is 10.2. The SMILES string of the molecule is Cc1cccc(C(=O)Nc2c(Br)cc(Br)cc2C(=O)O)c1. The third kappa shape index (κ3) is 3.71. The van der Waals surface area contributed by atoms with Gasteiger partial charge in [0.05, 0.1) is 11.3 Å². The van der Waals surface area contributed by atoms with Gasteiger partial charge >= 0.3 is 5.97 Å². The Labute approximate surface area is 138 Å². The summed E-state index contributed by atoms with van der Waals surface area (Å²) in [5.41, 5.74) is 1.67. The molecule has 21 heavy (non-hydrogen) atoms. The molecule has 0 aliphatic rings. The van der Waals surface area contributed by atoms with Gasteiger partial charge in [-0.1, -0.05) is 33.6 Å². The number of hydrogen-bond donors (Lipinski definition) is 2. The topological polar surface area (TPSA) is 66.4 Å². The van der Waals surface area contributed by atoms with Crippen LogP contribution < -0.4 is 5.32 Å². The maximum absolute atomic E-state index is 12.2. The van der Waals surface area contributed by atoms with Crippen LogP contribution in [0.2, 0.25) is 0 Å². The second-order valence-corrected chi connectivity index (χ2v) is 6.21. The number of aryl methyl sites for hydroxylation is 1. The molecule has 0 saturated carbocycles. The van der Waals surface area contributed by atoms with Crippen molar-refractivity contribution in [2.45, 2.75) is 6.92 Å². The first-order valence-electron chi connectivity index (χ1n) is 5.99. The molecule has 6 heteroatoms. The number of halogens is 2. The highest BCUT2D eigenvalue weighted by molar-refractivity contribution is 9.11. The lowest BCUT2D eigenvalue weighted by Gasteiger charge is -2.11. The van der Waals surface area contributed by atoms with Crippen LogP contribution in [0.3, 0.4) is 0 Å². The zero-order chi connectivity index (χ0) is 15.6. The summed E-state index contributed by atoms with van der Waals surface area (Å²) in [6, 6.07) is 10.2. The Morgan fingerprint density at radius 3 is 2.48 bits per heavy atom. The first-order chi connectivity index (χ1) is 9.88. The fourth-order valence-electron chi connectivity index (χ4n) is 1.84. The summed E-state index contributed by atoms with van der Waals surface area (Å²) in [6.07, 6.45) is 0. The zero-order valence-electron chi connectivity index (χ0n) is 11.0. The van der Waals surface area contributed by atoms with Gasteiger partial charge in [-0.15, -0.1) is 0 Å². The fourth-order valence-corrected chi connectivity index (χ4v) is 3.17. The average Bonchev–Trinajstić information content (AvgIpc) is 2.41. The van der Waals surface area contributed by atoms with Gasteiger partial charge in [-0.3, -0.25) is 4.79 Å². The second kappa shape index (κ2) is 6.41. The smallest absolute Gasteiger partial charge is 0.337 e. The van der Waals surface area contributed by atoms with Gasteiger partial charge < -0.3 is 10.4 Å². The maximum Gasteiger partial charge on any atom is 0.337 e. The van der Waals surface area contributed by atoms with Crippen molar-refractivity contribution in [1.29, 1.82) is 0 Å².